The van der Waals surface area contributed by atoms with Crippen molar-refractivity contribution in [3.63, 3.8) is 0 Å². The monoisotopic (exact) mass is 292 g/mol. The average molecular weight is 293 g/mol. The number of hydrogen-bond donors (Lipinski definition) is 1. The van der Waals surface area contributed by atoms with E-state index in [1.54, 1.807) is 18.2 Å². The molecule has 0 aromatic heterocycles. The lowest BCUT2D eigenvalue weighted by molar-refractivity contribution is 0.250. The quantitative estimate of drug-likeness (QED) is 0.854. The molecule has 0 saturated heterocycles. The number of halogens is 2. The van der Waals surface area contributed by atoms with Crippen LogP contribution in [0.15, 0.2) is 42.5 Å². The van der Waals surface area contributed by atoms with Gasteiger partial charge in [0.2, 0.25) is 0 Å². The number of rotatable bonds is 4. The van der Waals surface area contributed by atoms with Crippen molar-refractivity contribution >= 4 is 17.3 Å². The van der Waals surface area contributed by atoms with Crippen LogP contribution in [0.3, 0.4) is 0 Å². The van der Waals surface area contributed by atoms with Crippen molar-refractivity contribution in [1.82, 2.24) is 4.90 Å². The second kappa shape index (κ2) is 6.25. The van der Waals surface area contributed by atoms with Crippen molar-refractivity contribution in [3.05, 3.63) is 64.4 Å². The molecule has 0 heterocycles. The van der Waals surface area contributed by atoms with Crippen molar-refractivity contribution in [2.75, 3.05) is 12.8 Å². The summed E-state index contributed by atoms with van der Waals surface area (Å²) in [6.45, 7) is 2.56. The lowest BCUT2D eigenvalue weighted by Gasteiger charge is -2.25. The van der Waals surface area contributed by atoms with Crippen molar-refractivity contribution in [2.45, 2.75) is 19.5 Å². The fourth-order valence-electron chi connectivity index (χ4n) is 2.15. The molecule has 1 atom stereocenters. The van der Waals surface area contributed by atoms with Crippen LogP contribution >= 0.6 is 11.6 Å². The van der Waals surface area contributed by atoms with Crippen LogP contribution in [0.2, 0.25) is 5.02 Å². The molecule has 20 heavy (non-hydrogen) atoms. The molecule has 0 bridgehead atoms. The summed E-state index contributed by atoms with van der Waals surface area (Å²) in [7, 11) is 1.95. The molecule has 0 aliphatic rings. The first-order chi connectivity index (χ1) is 9.49. The number of nitrogen functional groups attached to an aromatic ring is 1. The Kier molecular flexibility index (Phi) is 4.63. The molecule has 0 saturated carbocycles. The van der Waals surface area contributed by atoms with Crippen molar-refractivity contribution < 1.29 is 4.39 Å². The minimum Gasteiger partial charge on any atom is -0.396 e. The smallest absolute Gasteiger partial charge is 0.150 e. The normalized spacial score (nSPS) is 12.7. The fraction of sp³-hybridized carbons (Fsp3) is 0.250. The molecule has 2 N–H and O–H groups in total. The van der Waals surface area contributed by atoms with Gasteiger partial charge in [0.1, 0.15) is 0 Å². The van der Waals surface area contributed by atoms with E-state index in [0.29, 0.717) is 17.1 Å². The van der Waals surface area contributed by atoms with Gasteiger partial charge in [-0.25, -0.2) is 4.39 Å². The SMILES string of the molecule is CC(c1cccc(Cl)c1)N(C)Cc1cccc(N)c1F. The molecule has 2 rings (SSSR count). The van der Waals surface area contributed by atoms with Crippen LogP contribution in [0.5, 0.6) is 0 Å². The van der Waals surface area contributed by atoms with Crippen LogP contribution in [0.1, 0.15) is 24.1 Å². The first-order valence-electron chi connectivity index (χ1n) is 6.47. The van der Waals surface area contributed by atoms with Crippen molar-refractivity contribution in [3.8, 4) is 0 Å². The Morgan fingerprint density at radius 2 is 1.95 bits per heavy atom. The third kappa shape index (κ3) is 3.30. The molecular formula is C16H18ClFN2. The molecule has 2 aromatic rings. The molecule has 4 heteroatoms. The van der Waals surface area contributed by atoms with Crippen LogP contribution in [-0.2, 0) is 6.54 Å². The van der Waals surface area contributed by atoms with E-state index in [4.69, 9.17) is 17.3 Å². The number of hydrogen-bond acceptors (Lipinski definition) is 2. The summed E-state index contributed by atoms with van der Waals surface area (Å²) in [5.41, 5.74) is 7.48. The zero-order chi connectivity index (χ0) is 14.7. The Bertz CT molecular complexity index is 601. The summed E-state index contributed by atoms with van der Waals surface area (Å²) in [4.78, 5) is 2.06. The zero-order valence-corrected chi connectivity index (χ0v) is 12.4. The van der Waals surface area contributed by atoms with Gasteiger partial charge in [0.25, 0.3) is 0 Å². The molecule has 1 unspecified atom stereocenters. The maximum Gasteiger partial charge on any atom is 0.150 e. The standard InChI is InChI=1S/C16H18ClFN2/c1-11(12-5-3-7-14(17)9-12)20(2)10-13-6-4-8-15(19)16(13)18/h3-9,11H,10,19H2,1-2H3. The van der Waals surface area contributed by atoms with Gasteiger partial charge < -0.3 is 5.73 Å². The highest BCUT2D eigenvalue weighted by Crippen LogP contribution is 2.24. The Balaban J connectivity index is 2.15. The van der Waals surface area contributed by atoms with Gasteiger partial charge in [-0.2, -0.15) is 0 Å². The van der Waals surface area contributed by atoms with Gasteiger partial charge in [0, 0.05) is 23.2 Å². The summed E-state index contributed by atoms with van der Waals surface area (Å²) in [5, 5.41) is 0.706. The van der Waals surface area contributed by atoms with E-state index in [-0.39, 0.29) is 17.5 Å². The van der Waals surface area contributed by atoms with Crippen LogP contribution in [0, 0.1) is 5.82 Å². The topological polar surface area (TPSA) is 29.3 Å². The van der Waals surface area contributed by atoms with Crippen molar-refractivity contribution in [1.29, 1.82) is 0 Å². The summed E-state index contributed by atoms with van der Waals surface area (Å²) in [5.74, 6) is -0.336. The molecule has 2 nitrogen and oxygen atoms in total. The molecule has 0 aliphatic heterocycles. The summed E-state index contributed by atoms with van der Waals surface area (Å²) >= 11 is 6.00. The second-order valence-electron chi connectivity index (χ2n) is 4.97. The molecule has 0 spiro atoms. The predicted octanol–water partition coefficient (Wildman–Crippen LogP) is 4.25. The van der Waals surface area contributed by atoms with Crippen LogP contribution in [-0.4, -0.2) is 11.9 Å². The van der Waals surface area contributed by atoms with E-state index in [1.807, 2.05) is 31.3 Å². The van der Waals surface area contributed by atoms with Gasteiger partial charge in [-0.05, 0) is 37.7 Å². The molecule has 0 amide bonds. The lowest BCUT2D eigenvalue weighted by atomic mass is 10.1. The van der Waals surface area contributed by atoms with Gasteiger partial charge in [-0.3, -0.25) is 4.90 Å². The highest BCUT2D eigenvalue weighted by molar-refractivity contribution is 6.30. The summed E-state index contributed by atoms with van der Waals surface area (Å²) < 4.78 is 13.9. The molecule has 0 aliphatic carbocycles. The van der Waals surface area contributed by atoms with Gasteiger partial charge in [-0.1, -0.05) is 35.9 Å². The Morgan fingerprint density at radius 3 is 2.65 bits per heavy atom. The van der Waals surface area contributed by atoms with Gasteiger partial charge in [0.05, 0.1) is 5.69 Å². The maximum atomic E-state index is 13.9. The second-order valence-corrected chi connectivity index (χ2v) is 5.40. The fourth-order valence-corrected chi connectivity index (χ4v) is 2.35. The minimum absolute atomic E-state index is 0.134. The lowest BCUT2D eigenvalue weighted by Crippen LogP contribution is -2.22. The molecular weight excluding hydrogens is 275 g/mol. The van der Waals surface area contributed by atoms with Crippen LogP contribution < -0.4 is 5.73 Å². The maximum absolute atomic E-state index is 13.9. The molecule has 0 fully saturated rings. The van der Waals surface area contributed by atoms with E-state index in [2.05, 4.69) is 11.8 Å². The van der Waals surface area contributed by atoms with E-state index in [1.165, 1.54) is 0 Å². The van der Waals surface area contributed by atoms with Crippen LogP contribution in [0.4, 0.5) is 10.1 Å². The Labute approximate surface area is 124 Å². The number of benzene rings is 2. The first kappa shape index (κ1) is 14.8. The highest BCUT2D eigenvalue weighted by atomic mass is 35.5. The molecule has 2 aromatic carbocycles. The Hall–Kier alpha value is -1.58. The summed E-state index contributed by atoms with van der Waals surface area (Å²) in [6, 6.07) is 12.9. The van der Waals surface area contributed by atoms with E-state index < -0.39 is 0 Å². The third-order valence-electron chi connectivity index (χ3n) is 3.52. The number of nitrogens with two attached hydrogens (primary N) is 1. The van der Waals surface area contributed by atoms with Crippen molar-refractivity contribution in [2.24, 2.45) is 0 Å². The first-order valence-corrected chi connectivity index (χ1v) is 6.85. The zero-order valence-electron chi connectivity index (χ0n) is 11.6. The molecule has 106 valence electrons. The van der Waals surface area contributed by atoms with Crippen LogP contribution in [0.25, 0.3) is 0 Å². The third-order valence-corrected chi connectivity index (χ3v) is 3.76. The molecule has 0 radical (unpaired) electrons. The largest absolute Gasteiger partial charge is 0.396 e. The van der Waals surface area contributed by atoms with Gasteiger partial charge >= 0.3 is 0 Å². The number of anilines is 1. The Morgan fingerprint density at radius 1 is 1.25 bits per heavy atom. The van der Waals surface area contributed by atoms with E-state index >= 15 is 0 Å². The van der Waals surface area contributed by atoms with E-state index in [0.717, 1.165) is 5.56 Å². The number of nitrogens with zero attached hydrogens (tertiary/aromatic N) is 1. The van der Waals surface area contributed by atoms with Gasteiger partial charge in [-0.15, -0.1) is 0 Å². The highest BCUT2D eigenvalue weighted by Gasteiger charge is 2.14. The summed E-state index contributed by atoms with van der Waals surface area (Å²) in [6.07, 6.45) is 0. The average Bonchev–Trinajstić information content (AvgIpc) is 2.43. The minimum atomic E-state index is -0.336. The van der Waals surface area contributed by atoms with E-state index in [9.17, 15) is 4.39 Å². The predicted molar refractivity (Wildman–Crippen MR) is 82.1 cm³/mol. The van der Waals surface area contributed by atoms with Gasteiger partial charge in [0.15, 0.2) is 5.82 Å².